The number of hydrogen-bond donors (Lipinski definition) is 1. The summed E-state index contributed by atoms with van der Waals surface area (Å²) in [7, 11) is 0. The zero-order valence-corrected chi connectivity index (χ0v) is 12.7. The first kappa shape index (κ1) is 14.1. The highest BCUT2D eigenvalue weighted by Gasteiger charge is 2.50. The monoisotopic (exact) mass is 286 g/mol. The second-order valence-corrected chi connectivity index (χ2v) is 6.38. The third-order valence-corrected chi connectivity index (χ3v) is 4.77. The lowest BCUT2D eigenvalue weighted by Crippen LogP contribution is -2.68. The van der Waals surface area contributed by atoms with Crippen molar-refractivity contribution in [2.24, 2.45) is 0 Å². The van der Waals surface area contributed by atoms with Crippen LogP contribution in [0.3, 0.4) is 0 Å². The molecule has 1 unspecified atom stereocenters. The Morgan fingerprint density at radius 1 is 1.29 bits per heavy atom. The summed E-state index contributed by atoms with van der Waals surface area (Å²) in [5.74, 6) is 0.0674. The summed E-state index contributed by atoms with van der Waals surface area (Å²) in [5.41, 5.74) is 1.62. The highest BCUT2D eigenvalue weighted by Crippen LogP contribution is 2.35. The van der Waals surface area contributed by atoms with E-state index in [1.165, 1.54) is 5.56 Å². The van der Waals surface area contributed by atoms with Crippen LogP contribution in [0.25, 0.3) is 0 Å². The van der Waals surface area contributed by atoms with Crippen LogP contribution in [0.2, 0.25) is 0 Å². The fraction of sp³-hybridized carbons (Fsp3) is 0.529. The van der Waals surface area contributed by atoms with Crippen molar-refractivity contribution in [2.45, 2.75) is 57.7 Å². The van der Waals surface area contributed by atoms with Gasteiger partial charge in [-0.2, -0.15) is 0 Å². The molecule has 1 spiro atoms. The van der Waals surface area contributed by atoms with Crippen LogP contribution < -0.4 is 5.32 Å². The van der Waals surface area contributed by atoms with Gasteiger partial charge < -0.3 is 10.2 Å². The van der Waals surface area contributed by atoms with Gasteiger partial charge in [0.1, 0.15) is 11.6 Å². The predicted molar refractivity (Wildman–Crippen MR) is 80.5 cm³/mol. The highest BCUT2D eigenvalue weighted by atomic mass is 16.2. The van der Waals surface area contributed by atoms with Gasteiger partial charge in [0.25, 0.3) is 0 Å². The van der Waals surface area contributed by atoms with Gasteiger partial charge in [-0.25, -0.2) is 0 Å². The Kier molecular flexibility index (Phi) is 3.47. The number of piperazine rings is 1. The summed E-state index contributed by atoms with van der Waals surface area (Å²) in [6, 6.07) is 7.73. The van der Waals surface area contributed by atoms with Gasteiger partial charge in [-0.15, -0.1) is 0 Å². The summed E-state index contributed by atoms with van der Waals surface area (Å²) in [5, 5.41) is 2.99. The van der Waals surface area contributed by atoms with Gasteiger partial charge in [0.15, 0.2) is 0 Å². The SMILES string of the molecule is Cc1cccc(CN2C(=O)C3(CCCC3)NC(=O)C2C)c1. The summed E-state index contributed by atoms with van der Waals surface area (Å²) >= 11 is 0. The van der Waals surface area contributed by atoms with Gasteiger partial charge in [-0.1, -0.05) is 42.7 Å². The maximum Gasteiger partial charge on any atom is 0.249 e. The molecule has 1 heterocycles. The molecule has 1 saturated heterocycles. The van der Waals surface area contributed by atoms with Gasteiger partial charge in [0.05, 0.1) is 0 Å². The summed E-state index contributed by atoms with van der Waals surface area (Å²) in [4.78, 5) is 26.9. The lowest BCUT2D eigenvalue weighted by Gasteiger charge is -2.43. The smallest absolute Gasteiger partial charge is 0.249 e. The normalized spacial score (nSPS) is 24.5. The second-order valence-electron chi connectivity index (χ2n) is 6.38. The van der Waals surface area contributed by atoms with Gasteiger partial charge in [-0.3, -0.25) is 9.59 Å². The number of benzene rings is 1. The van der Waals surface area contributed by atoms with Crippen molar-refractivity contribution in [3.05, 3.63) is 35.4 Å². The Balaban J connectivity index is 1.88. The molecule has 2 amide bonds. The van der Waals surface area contributed by atoms with Crippen molar-refractivity contribution in [3.8, 4) is 0 Å². The molecule has 4 nitrogen and oxygen atoms in total. The molecule has 0 radical (unpaired) electrons. The largest absolute Gasteiger partial charge is 0.340 e. The number of carbonyl (C=O) groups excluding carboxylic acids is 2. The van der Waals surface area contributed by atoms with E-state index in [0.29, 0.717) is 6.54 Å². The van der Waals surface area contributed by atoms with E-state index in [-0.39, 0.29) is 11.8 Å². The van der Waals surface area contributed by atoms with E-state index in [4.69, 9.17) is 0 Å². The molecule has 112 valence electrons. The van der Waals surface area contributed by atoms with Crippen LogP contribution in [-0.4, -0.2) is 28.3 Å². The van der Waals surface area contributed by atoms with Crippen molar-refractivity contribution in [1.82, 2.24) is 10.2 Å². The van der Waals surface area contributed by atoms with E-state index in [1.54, 1.807) is 4.90 Å². The molecule has 2 aliphatic rings. The van der Waals surface area contributed by atoms with E-state index in [1.807, 2.05) is 32.0 Å². The highest BCUT2D eigenvalue weighted by molar-refractivity contribution is 5.99. The van der Waals surface area contributed by atoms with Crippen molar-refractivity contribution < 1.29 is 9.59 Å². The number of carbonyl (C=O) groups is 2. The molecule has 1 aliphatic carbocycles. The standard InChI is InChI=1S/C17H22N2O2/c1-12-6-5-7-14(10-12)11-19-13(2)15(20)18-17(16(19)21)8-3-4-9-17/h5-7,10,13H,3-4,8-9,11H2,1-2H3,(H,18,20). The van der Waals surface area contributed by atoms with Gasteiger partial charge in [-0.05, 0) is 32.3 Å². The number of rotatable bonds is 2. The molecule has 1 N–H and O–H groups in total. The maximum atomic E-state index is 12.9. The fourth-order valence-electron chi connectivity index (χ4n) is 3.52. The third kappa shape index (κ3) is 2.43. The quantitative estimate of drug-likeness (QED) is 0.905. The molecule has 1 aromatic rings. The molecule has 1 saturated carbocycles. The van der Waals surface area contributed by atoms with Crippen LogP contribution in [0.5, 0.6) is 0 Å². The summed E-state index contributed by atoms with van der Waals surface area (Å²) < 4.78 is 0. The van der Waals surface area contributed by atoms with Crippen LogP contribution in [0, 0.1) is 6.92 Å². The molecule has 1 atom stereocenters. The van der Waals surface area contributed by atoms with Crippen molar-refractivity contribution in [3.63, 3.8) is 0 Å². The van der Waals surface area contributed by atoms with Gasteiger partial charge in [0.2, 0.25) is 11.8 Å². The molecule has 0 aromatic heterocycles. The van der Waals surface area contributed by atoms with E-state index >= 15 is 0 Å². The molecule has 0 bridgehead atoms. The van der Waals surface area contributed by atoms with E-state index in [0.717, 1.165) is 31.2 Å². The first-order valence-electron chi connectivity index (χ1n) is 7.70. The molecule has 3 rings (SSSR count). The number of amides is 2. The van der Waals surface area contributed by atoms with E-state index in [9.17, 15) is 9.59 Å². The Hall–Kier alpha value is -1.84. The lowest BCUT2D eigenvalue weighted by molar-refractivity contribution is -0.154. The zero-order chi connectivity index (χ0) is 15.0. The predicted octanol–water partition coefficient (Wildman–Crippen LogP) is 2.15. The minimum Gasteiger partial charge on any atom is -0.340 e. The van der Waals surface area contributed by atoms with Crippen LogP contribution in [0.1, 0.15) is 43.7 Å². The fourth-order valence-corrected chi connectivity index (χ4v) is 3.52. The third-order valence-electron chi connectivity index (χ3n) is 4.77. The van der Waals surface area contributed by atoms with Crippen molar-refractivity contribution >= 4 is 11.8 Å². The average Bonchev–Trinajstić information content (AvgIpc) is 2.91. The van der Waals surface area contributed by atoms with Crippen molar-refractivity contribution in [1.29, 1.82) is 0 Å². The van der Waals surface area contributed by atoms with Gasteiger partial charge >= 0.3 is 0 Å². The number of aryl methyl sites for hydroxylation is 1. The summed E-state index contributed by atoms with van der Waals surface area (Å²) in [6.45, 7) is 4.36. The molecule has 1 aromatic carbocycles. The van der Waals surface area contributed by atoms with Crippen molar-refractivity contribution in [2.75, 3.05) is 0 Å². The summed E-state index contributed by atoms with van der Waals surface area (Å²) in [6.07, 6.45) is 3.57. The lowest BCUT2D eigenvalue weighted by atomic mass is 9.90. The van der Waals surface area contributed by atoms with Crippen LogP contribution in [-0.2, 0) is 16.1 Å². The van der Waals surface area contributed by atoms with Crippen LogP contribution in [0.4, 0.5) is 0 Å². The number of nitrogens with zero attached hydrogens (tertiary/aromatic N) is 1. The molecular formula is C17H22N2O2. The number of hydrogen-bond acceptors (Lipinski definition) is 2. The Bertz CT molecular complexity index is 576. The molecule has 21 heavy (non-hydrogen) atoms. The minimum absolute atomic E-state index is 0.0239. The van der Waals surface area contributed by atoms with E-state index < -0.39 is 11.6 Å². The first-order valence-corrected chi connectivity index (χ1v) is 7.70. The Morgan fingerprint density at radius 2 is 2.00 bits per heavy atom. The molecular weight excluding hydrogens is 264 g/mol. The van der Waals surface area contributed by atoms with Gasteiger partial charge in [0, 0.05) is 6.54 Å². The molecule has 4 heteroatoms. The van der Waals surface area contributed by atoms with E-state index in [2.05, 4.69) is 11.4 Å². The van der Waals surface area contributed by atoms with Crippen LogP contribution >= 0.6 is 0 Å². The maximum absolute atomic E-state index is 12.9. The van der Waals surface area contributed by atoms with Crippen LogP contribution in [0.15, 0.2) is 24.3 Å². The minimum atomic E-state index is -0.632. The molecule has 2 fully saturated rings. The topological polar surface area (TPSA) is 49.4 Å². The number of nitrogens with one attached hydrogen (secondary N) is 1. The molecule has 1 aliphatic heterocycles. The Labute approximate surface area is 125 Å². The zero-order valence-electron chi connectivity index (χ0n) is 12.7. The average molecular weight is 286 g/mol. The Morgan fingerprint density at radius 3 is 2.67 bits per heavy atom. The first-order chi connectivity index (χ1) is 10.0. The second kappa shape index (κ2) is 5.17.